The summed E-state index contributed by atoms with van der Waals surface area (Å²) in [5.74, 6) is -0.978. The molecule has 8 nitrogen and oxygen atoms in total. The molecule has 0 saturated carbocycles. The zero-order valence-electron chi connectivity index (χ0n) is 8.34. The van der Waals surface area contributed by atoms with Gasteiger partial charge in [0.25, 0.3) is 0 Å². The van der Waals surface area contributed by atoms with Gasteiger partial charge in [-0.15, -0.1) is 0 Å². The molecular weight excluding hydrogens is 236 g/mol. The molecular formula is C7H10N4O4S. The molecule has 0 aliphatic carbocycles. The van der Waals surface area contributed by atoms with E-state index in [-0.39, 0.29) is 11.5 Å². The van der Waals surface area contributed by atoms with E-state index in [2.05, 4.69) is 11.0 Å². The molecule has 0 bridgehead atoms. The quantitative estimate of drug-likeness (QED) is 0.495. The van der Waals surface area contributed by atoms with Crippen molar-refractivity contribution < 1.29 is 14.8 Å². The van der Waals surface area contributed by atoms with Crippen molar-refractivity contribution in [3.05, 3.63) is 22.2 Å². The van der Waals surface area contributed by atoms with Gasteiger partial charge in [-0.1, -0.05) is 0 Å². The number of carbonyl (C=O) groups is 1. The van der Waals surface area contributed by atoms with Crippen molar-refractivity contribution in [2.75, 3.05) is 19.0 Å². The number of hydrogen-bond donors (Lipinski definition) is 3. The van der Waals surface area contributed by atoms with Gasteiger partial charge in [-0.2, -0.15) is 5.53 Å². The van der Waals surface area contributed by atoms with Crippen molar-refractivity contribution >= 4 is 27.3 Å². The standard InChI is InChI=1S/C7H10N4O4S/c1-10(4-7(12)13)9-8-5-2-3-6(16-5)11(14)15/h2-3,8-9H,4H2,1H3,(H,12,13). The van der Waals surface area contributed by atoms with E-state index >= 15 is 0 Å². The SMILES string of the molecule is CN(CC(=O)O)NNc1ccc([N+](=O)[O-])s1. The molecule has 0 aromatic carbocycles. The van der Waals surface area contributed by atoms with Gasteiger partial charge in [0.1, 0.15) is 11.5 Å². The van der Waals surface area contributed by atoms with E-state index in [4.69, 9.17) is 5.11 Å². The van der Waals surface area contributed by atoms with Crippen LogP contribution in [0.15, 0.2) is 12.1 Å². The molecule has 88 valence electrons. The first-order valence-corrected chi connectivity index (χ1v) is 4.99. The van der Waals surface area contributed by atoms with Gasteiger partial charge in [0.2, 0.25) is 0 Å². The van der Waals surface area contributed by atoms with Crippen LogP contribution >= 0.6 is 11.3 Å². The van der Waals surface area contributed by atoms with Gasteiger partial charge in [0.05, 0.1) is 4.92 Å². The molecule has 0 fully saturated rings. The normalized spacial score (nSPS) is 10.4. The highest BCUT2D eigenvalue weighted by molar-refractivity contribution is 7.19. The Morgan fingerprint density at radius 3 is 2.88 bits per heavy atom. The van der Waals surface area contributed by atoms with E-state index in [1.165, 1.54) is 24.2 Å². The van der Waals surface area contributed by atoms with Crippen molar-refractivity contribution in [1.82, 2.24) is 10.5 Å². The number of hydrogen-bond acceptors (Lipinski definition) is 7. The molecule has 1 aromatic heterocycles. The topological polar surface area (TPSA) is 108 Å². The lowest BCUT2D eigenvalue weighted by Gasteiger charge is -2.15. The van der Waals surface area contributed by atoms with Crippen LogP contribution in [0.1, 0.15) is 0 Å². The Morgan fingerprint density at radius 2 is 2.38 bits per heavy atom. The number of nitro groups is 1. The van der Waals surface area contributed by atoms with Crippen molar-refractivity contribution in [3.63, 3.8) is 0 Å². The van der Waals surface area contributed by atoms with Crippen LogP contribution in [0.2, 0.25) is 0 Å². The summed E-state index contributed by atoms with van der Waals surface area (Å²) in [5, 5.41) is 20.7. The molecule has 0 aliphatic rings. The first kappa shape index (κ1) is 12.4. The zero-order valence-corrected chi connectivity index (χ0v) is 9.15. The number of rotatable bonds is 6. The van der Waals surface area contributed by atoms with Gasteiger partial charge in [-0.05, 0) is 17.4 Å². The molecule has 0 aliphatic heterocycles. The van der Waals surface area contributed by atoms with Crippen molar-refractivity contribution in [3.8, 4) is 0 Å². The minimum Gasteiger partial charge on any atom is -0.480 e. The number of thiophene rings is 1. The largest absolute Gasteiger partial charge is 0.480 e. The van der Waals surface area contributed by atoms with Crippen LogP contribution in [0.3, 0.4) is 0 Å². The molecule has 1 rings (SSSR count). The highest BCUT2D eigenvalue weighted by atomic mass is 32.1. The lowest BCUT2D eigenvalue weighted by atomic mass is 10.6. The number of anilines is 1. The Bertz CT molecular complexity index is 393. The molecule has 0 atom stereocenters. The number of nitrogens with one attached hydrogen (secondary N) is 2. The highest BCUT2D eigenvalue weighted by Gasteiger charge is 2.10. The van der Waals surface area contributed by atoms with Crippen molar-refractivity contribution in [2.45, 2.75) is 0 Å². The van der Waals surface area contributed by atoms with Gasteiger partial charge in [-0.25, -0.2) is 5.01 Å². The molecule has 16 heavy (non-hydrogen) atoms. The average Bonchev–Trinajstić information content (AvgIpc) is 2.61. The second-order valence-corrected chi connectivity index (χ2v) is 3.94. The van der Waals surface area contributed by atoms with Crippen LogP contribution in [0.25, 0.3) is 0 Å². The maximum Gasteiger partial charge on any atom is 0.326 e. The molecule has 0 spiro atoms. The monoisotopic (exact) mass is 246 g/mol. The lowest BCUT2D eigenvalue weighted by molar-refractivity contribution is -0.380. The third kappa shape index (κ3) is 3.81. The summed E-state index contributed by atoms with van der Waals surface area (Å²) in [6, 6.07) is 2.90. The Labute approximate surface area is 94.6 Å². The minimum atomic E-state index is -0.978. The van der Waals surface area contributed by atoms with Crippen molar-refractivity contribution in [2.24, 2.45) is 0 Å². The summed E-state index contributed by atoms with van der Waals surface area (Å²) in [6.45, 7) is -0.194. The summed E-state index contributed by atoms with van der Waals surface area (Å²) in [7, 11) is 1.53. The maximum atomic E-state index is 10.4. The van der Waals surface area contributed by atoms with Crippen LogP contribution in [0, 0.1) is 10.1 Å². The van der Waals surface area contributed by atoms with Crippen molar-refractivity contribution in [1.29, 1.82) is 0 Å². The van der Waals surface area contributed by atoms with Gasteiger partial charge in [0.15, 0.2) is 0 Å². The number of nitrogens with zero attached hydrogens (tertiary/aromatic N) is 2. The van der Waals surface area contributed by atoms with Crippen LogP contribution in [0.5, 0.6) is 0 Å². The summed E-state index contributed by atoms with van der Waals surface area (Å²) < 4.78 is 0. The molecule has 9 heteroatoms. The Kier molecular flexibility index (Phi) is 4.17. The molecule has 1 heterocycles. The second kappa shape index (κ2) is 5.39. The number of hydrazine groups is 2. The molecule has 0 unspecified atom stereocenters. The number of carboxylic acids is 1. The van der Waals surface area contributed by atoms with E-state index in [1.54, 1.807) is 0 Å². The predicted molar refractivity (Wildman–Crippen MR) is 58.0 cm³/mol. The van der Waals surface area contributed by atoms with Gasteiger partial charge in [-0.3, -0.25) is 20.3 Å². The minimum absolute atomic E-state index is 0.0187. The van der Waals surface area contributed by atoms with E-state index < -0.39 is 10.9 Å². The summed E-state index contributed by atoms with van der Waals surface area (Å²) in [4.78, 5) is 20.2. The van der Waals surface area contributed by atoms with Crippen LogP contribution in [0.4, 0.5) is 10.0 Å². The van der Waals surface area contributed by atoms with Gasteiger partial charge in [0, 0.05) is 13.1 Å². The summed E-state index contributed by atoms with van der Waals surface area (Å²) in [6.07, 6.45) is 0. The van der Waals surface area contributed by atoms with E-state index in [9.17, 15) is 14.9 Å². The number of aliphatic carboxylic acids is 1. The molecule has 0 radical (unpaired) electrons. The zero-order chi connectivity index (χ0) is 12.1. The fraction of sp³-hybridized carbons (Fsp3) is 0.286. The summed E-state index contributed by atoms with van der Waals surface area (Å²) >= 11 is 0.955. The van der Waals surface area contributed by atoms with Crippen LogP contribution in [-0.2, 0) is 4.79 Å². The highest BCUT2D eigenvalue weighted by Crippen LogP contribution is 2.27. The van der Waals surface area contributed by atoms with E-state index in [0.29, 0.717) is 5.00 Å². The Morgan fingerprint density at radius 1 is 1.69 bits per heavy atom. The maximum absolute atomic E-state index is 10.4. The predicted octanol–water partition coefficient (Wildman–Crippen LogP) is 0.504. The molecule has 0 amide bonds. The van der Waals surface area contributed by atoms with Crippen LogP contribution < -0.4 is 11.0 Å². The first-order chi connectivity index (χ1) is 7.49. The lowest BCUT2D eigenvalue weighted by Crippen LogP contribution is -2.41. The van der Waals surface area contributed by atoms with Crippen LogP contribution in [-0.4, -0.2) is 34.6 Å². The van der Waals surface area contributed by atoms with E-state index in [1.807, 2.05) is 0 Å². The number of carboxylic acid groups (broad SMARTS) is 1. The third-order valence-corrected chi connectivity index (χ3v) is 2.47. The number of likely N-dealkylation sites (N-methyl/N-ethyl adjacent to an activating group) is 1. The Balaban J connectivity index is 2.42. The average molecular weight is 246 g/mol. The first-order valence-electron chi connectivity index (χ1n) is 4.18. The fourth-order valence-corrected chi connectivity index (χ4v) is 1.55. The molecule has 3 N–H and O–H groups in total. The fourth-order valence-electron chi connectivity index (χ4n) is 0.886. The van der Waals surface area contributed by atoms with E-state index in [0.717, 1.165) is 11.3 Å². The Hall–Kier alpha value is -1.71. The van der Waals surface area contributed by atoms with Gasteiger partial charge >= 0.3 is 11.0 Å². The van der Waals surface area contributed by atoms with Gasteiger partial charge < -0.3 is 5.11 Å². The smallest absolute Gasteiger partial charge is 0.326 e. The second-order valence-electron chi connectivity index (χ2n) is 2.88. The molecule has 1 aromatic rings. The molecule has 0 saturated heterocycles. The third-order valence-electron chi connectivity index (χ3n) is 1.51. The summed E-state index contributed by atoms with van der Waals surface area (Å²) in [5.41, 5.74) is 5.22.